The van der Waals surface area contributed by atoms with Gasteiger partial charge in [-0.2, -0.15) is 5.10 Å². The molecular formula is C22H25N3O4. The van der Waals surface area contributed by atoms with Crippen LogP contribution in [0.5, 0.6) is 11.5 Å². The number of aromatic hydroxyl groups is 1. The summed E-state index contributed by atoms with van der Waals surface area (Å²) in [7, 11) is 1.46. The van der Waals surface area contributed by atoms with Crippen molar-refractivity contribution in [2.75, 3.05) is 12.4 Å². The molecule has 2 amide bonds. The van der Waals surface area contributed by atoms with Crippen LogP contribution in [0.15, 0.2) is 47.6 Å². The van der Waals surface area contributed by atoms with Gasteiger partial charge < -0.3 is 15.2 Å². The van der Waals surface area contributed by atoms with E-state index in [-0.39, 0.29) is 23.5 Å². The molecule has 7 heteroatoms. The Bertz CT molecular complexity index is 887. The van der Waals surface area contributed by atoms with Gasteiger partial charge in [-0.25, -0.2) is 5.43 Å². The van der Waals surface area contributed by atoms with Gasteiger partial charge in [-0.05, 0) is 60.9 Å². The van der Waals surface area contributed by atoms with Crippen molar-refractivity contribution in [3.8, 4) is 11.5 Å². The fraction of sp³-hybridized carbons (Fsp3) is 0.318. The fourth-order valence-corrected chi connectivity index (χ4v) is 3.32. The first-order valence-electron chi connectivity index (χ1n) is 9.68. The van der Waals surface area contributed by atoms with Crippen LogP contribution in [0.25, 0.3) is 0 Å². The number of amides is 2. The molecule has 0 heterocycles. The molecule has 0 bridgehead atoms. The van der Waals surface area contributed by atoms with Gasteiger partial charge in [0.15, 0.2) is 11.5 Å². The van der Waals surface area contributed by atoms with Gasteiger partial charge in [0.2, 0.25) is 5.91 Å². The first kappa shape index (κ1) is 20.4. The molecular weight excluding hydrogens is 370 g/mol. The first-order chi connectivity index (χ1) is 14.1. The average molecular weight is 395 g/mol. The van der Waals surface area contributed by atoms with Gasteiger partial charge in [0.05, 0.1) is 13.3 Å². The van der Waals surface area contributed by atoms with E-state index in [2.05, 4.69) is 15.8 Å². The minimum absolute atomic E-state index is 0.0318. The summed E-state index contributed by atoms with van der Waals surface area (Å²) in [5.41, 5.74) is 4.23. The van der Waals surface area contributed by atoms with Crippen LogP contribution in [0.1, 0.15) is 48.0 Å². The molecule has 0 spiro atoms. The number of phenolic OH excluding ortho intramolecular Hbond substituents is 1. The number of nitrogens with zero attached hydrogens (tertiary/aromatic N) is 1. The Morgan fingerprint density at radius 3 is 2.52 bits per heavy atom. The lowest BCUT2D eigenvalue weighted by atomic mass is 9.88. The highest BCUT2D eigenvalue weighted by Crippen LogP contribution is 2.26. The van der Waals surface area contributed by atoms with E-state index in [9.17, 15) is 14.7 Å². The molecule has 7 nitrogen and oxygen atoms in total. The molecule has 1 aliphatic rings. The molecule has 1 aliphatic carbocycles. The predicted molar refractivity (Wildman–Crippen MR) is 111 cm³/mol. The zero-order valence-electron chi connectivity index (χ0n) is 16.4. The predicted octanol–water partition coefficient (Wildman–Crippen LogP) is 3.68. The smallest absolute Gasteiger partial charge is 0.271 e. The lowest BCUT2D eigenvalue weighted by molar-refractivity contribution is -0.120. The Kier molecular flexibility index (Phi) is 6.84. The SMILES string of the molecule is COc1cc(/C=N\NC(=O)c2ccc(NC(=O)C3CCCCC3)cc2)ccc1O. The van der Waals surface area contributed by atoms with Gasteiger partial charge in [-0.15, -0.1) is 0 Å². The van der Waals surface area contributed by atoms with E-state index in [4.69, 9.17) is 4.74 Å². The first-order valence-corrected chi connectivity index (χ1v) is 9.68. The maximum atomic E-state index is 12.3. The highest BCUT2D eigenvalue weighted by Gasteiger charge is 2.21. The zero-order valence-corrected chi connectivity index (χ0v) is 16.4. The monoisotopic (exact) mass is 395 g/mol. The van der Waals surface area contributed by atoms with Crippen molar-refractivity contribution in [1.82, 2.24) is 5.43 Å². The van der Waals surface area contributed by atoms with E-state index in [0.717, 1.165) is 25.7 Å². The number of hydrogen-bond acceptors (Lipinski definition) is 5. The van der Waals surface area contributed by atoms with E-state index in [1.54, 1.807) is 36.4 Å². The van der Waals surface area contributed by atoms with Gasteiger partial charge >= 0.3 is 0 Å². The zero-order chi connectivity index (χ0) is 20.6. The summed E-state index contributed by atoms with van der Waals surface area (Å²) in [6.45, 7) is 0. The number of nitrogens with one attached hydrogen (secondary N) is 2. The van der Waals surface area contributed by atoms with Crippen LogP contribution in [0.2, 0.25) is 0 Å². The van der Waals surface area contributed by atoms with Crippen LogP contribution in [-0.2, 0) is 4.79 Å². The molecule has 3 N–H and O–H groups in total. The van der Waals surface area contributed by atoms with E-state index in [1.165, 1.54) is 25.8 Å². The number of phenols is 1. The van der Waals surface area contributed by atoms with E-state index >= 15 is 0 Å². The molecule has 3 rings (SSSR count). The molecule has 1 saturated carbocycles. The van der Waals surface area contributed by atoms with E-state index < -0.39 is 0 Å². The summed E-state index contributed by atoms with van der Waals surface area (Å²) in [5, 5.41) is 16.4. The van der Waals surface area contributed by atoms with Crippen LogP contribution >= 0.6 is 0 Å². The second kappa shape index (κ2) is 9.73. The Morgan fingerprint density at radius 1 is 1.10 bits per heavy atom. The molecule has 0 aromatic heterocycles. The van der Waals surface area contributed by atoms with Gasteiger partial charge in [0.1, 0.15) is 0 Å². The number of carbonyl (C=O) groups excluding carboxylic acids is 2. The molecule has 0 radical (unpaired) electrons. The van der Waals surface area contributed by atoms with Crippen molar-refractivity contribution in [3.63, 3.8) is 0 Å². The fourth-order valence-electron chi connectivity index (χ4n) is 3.32. The molecule has 29 heavy (non-hydrogen) atoms. The molecule has 2 aromatic rings. The molecule has 0 aliphatic heterocycles. The summed E-state index contributed by atoms with van der Waals surface area (Å²) >= 11 is 0. The summed E-state index contributed by atoms with van der Waals surface area (Å²) < 4.78 is 5.03. The molecule has 0 unspecified atom stereocenters. The van der Waals surface area contributed by atoms with Gasteiger partial charge in [-0.1, -0.05) is 19.3 Å². The lowest BCUT2D eigenvalue weighted by Crippen LogP contribution is -2.24. The topological polar surface area (TPSA) is 100 Å². The second-order valence-corrected chi connectivity index (χ2v) is 7.03. The Hall–Kier alpha value is -3.35. The van der Waals surface area contributed by atoms with E-state index in [0.29, 0.717) is 22.6 Å². The highest BCUT2D eigenvalue weighted by molar-refractivity contribution is 5.96. The summed E-state index contributed by atoms with van der Waals surface area (Å²) in [5.74, 6) is 0.128. The number of hydrogen-bond donors (Lipinski definition) is 3. The van der Waals surface area contributed by atoms with Crippen LogP contribution in [0.4, 0.5) is 5.69 Å². The Balaban J connectivity index is 1.54. The molecule has 1 fully saturated rings. The minimum atomic E-state index is -0.364. The van der Waals surface area contributed by atoms with Crippen molar-refractivity contribution in [1.29, 1.82) is 0 Å². The third-order valence-electron chi connectivity index (χ3n) is 4.97. The molecule has 0 atom stereocenters. The number of hydrazone groups is 1. The van der Waals surface area contributed by atoms with Crippen molar-refractivity contribution >= 4 is 23.7 Å². The standard InChI is InChI=1S/C22H25N3O4/c1-29-20-13-15(7-12-19(20)26)14-23-25-22(28)17-8-10-18(11-9-17)24-21(27)16-5-3-2-4-6-16/h7-14,16,26H,2-6H2,1H3,(H,24,27)(H,25,28)/b23-14-. The van der Waals surface area contributed by atoms with Gasteiger partial charge in [0, 0.05) is 17.2 Å². The summed E-state index contributed by atoms with van der Waals surface area (Å²) in [6, 6.07) is 11.5. The van der Waals surface area contributed by atoms with Crippen LogP contribution < -0.4 is 15.5 Å². The molecule has 0 saturated heterocycles. The van der Waals surface area contributed by atoms with Crippen LogP contribution in [0, 0.1) is 5.92 Å². The van der Waals surface area contributed by atoms with Crippen LogP contribution in [0.3, 0.4) is 0 Å². The number of anilines is 1. The quantitative estimate of drug-likeness (QED) is 0.513. The van der Waals surface area contributed by atoms with Crippen molar-refractivity contribution in [2.24, 2.45) is 11.0 Å². The summed E-state index contributed by atoms with van der Waals surface area (Å²) in [6.07, 6.45) is 6.76. The maximum Gasteiger partial charge on any atom is 0.271 e. The number of methoxy groups -OCH3 is 1. The number of ether oxygens (including phenoxy) is 1. The average Bonchev–Trinajstić information content (AvgIpc) is 2.76. The second-order valence-electron chi connectivity index (χ2n) is 7.03. The van der Waals surface area contributed by atoms with Gasteiger partial charge in [-0.3, -0.25) is 9.59 Å². The molecule has 152 valence electrons. The lowest BCUT2D eigenvalue weighted by Gasteiger charge is -2.20. The number of benzene rings is 2. The maximum absolute atomic E-state index is 12.3. The van der Waals surface area contributed by atoms with Crippen LogP contribution in [-0.4, -0.2) is 30.2 Å². The van der Waals surface area contributed by atoms with Crippen molar-refractivity contribution in [2.45, 2.75) is 32.1 Å². The number of carbonyl (C=O) groups is 2. The third-order valence-corrected chi connectivity index (χ3v) is 4.97. The van der Waals surface area contributed by atoms with E-state index in [1.807, 2.05) is 0 Å². The largest absolute Gasteiger partial charge is 0.504 e. The van der Waals surface area contributed by atoms with Gasteiger partial charge in [0.25, 0.3) is 5.91 Å². The Labute approximate surface area is 169 Å². The van der Waals surface area contributed by atoms with Crippen molar-refractivity contribution in [3.05, 3.63) is 53.6 Å². The minimum Gasteiger partial charge on any atom is -0.504 e. The van der Waals surface area contributed by atoms with Crippen molar-refractivity contribution < 1.29 is 19.4 Å². The summed E-state index contributed by atoms with van der Waals surface area (Å²) in [4.78, 5) is 24.5. The molecule has 2 aromatic carbocycles. The Morgan fingerprint density at radius 2 is 1.83 bits per heavy atom. The third kappa shape index (κ3) is 5.57. The highest BCUT2D eigenvalue weighted by atomic mass is 16.5. The normalized spacial score (nSPS) is 14.5. The number of rotatable bonds is 6.